The van der Waals surface area contributed by atoms with Crippen LogP contribution in [0.1, 0.15) is 23.6 Å². The van der Waals surface area contributed by atoms with Gasteiger partial charge in [0.05, 0.1) is 11.3 Å². The van der Waals surface area contributed by atoms with Crippen LogP contribution in [0.3, 0.4) is 0 Å². The lowest BCUT2D eigenvalue weighted by Crippen LogP contribution is -2.32. The summed E-state index contributed by atoms with van der Waals surface area (Å²) in [4.78, 5) is 12.3. The molecule has 0 radical (unpaired) electrons. The van der Waals surface area contributed by atoms with Gasteiger partial charge in [-0.1, -0.05) is 17.7 Å². The first kappa shape index (κ1) is 19.1. The van der Waals surface area contributed by atoms with Crippen LogP contribution in [0.4, 0.5) is 24.5 Å². The first-order valence-electron chi connectivity index (χ1n) is 7.58. The fraction of sp³-hybridized carbons (Fsp3) is 0.278. The van der Waals surface area contributed by atoms with Crippen molar-refractivity contribution in [1.29, 1.82) is 0 Å². The van der Waals surface area contributed by atoms with E-state index in [2.05, 4.69) is 10.6 Å². The number of nitrogens with one attached hydrogen (secondary N) is 2. The second-order valence-corrected chi connectivity index (χ2v) is 6.36. The Morgan fingerprint density at radius 2 is 1.68 bits per heavy atom. The summed E-state index contributed by atoms with van der Waals surface area (Å²) in [5, 5.41) is 5.26. The maximum absolute atomic E-state index is 13.1. The number of carbonyl (C=O) groups is 1. The second-order valence-electron chi connectivity index (χ2n) is 5.92. The fourth-order valence-corrected chi connectivity index (χ4v) is 2.65. The summed E-state index contributed by atoms with van der Waals surface area (Å²) >= 11 is 5.63. The lowest BCUT2D eigenvalue weighted by atomic mass is 10.1. The SMILES string of the molecule is Cc1cc(C)cc(NC(C)C(=O)Nc2ccc(Cl)cc2C(F)(F)F)c1. The fourth-order valence-electron chi connectivity index (χ4n) is 2.47. The maximum Gasteiger partial charge on any atom is 0.418 e. The Balaban J connectivity index is 2.16. The first-order chi connectivity index (χ1) is 11.6. The van der Waals surface area contributed by atoms with Crippen LogP contribution in [0.15, 0.2) is 36.4 Å². The molecule has 0 heterocycles. The minimum absolute atomic E-state index is 0.0493. The van der Waals surface area contributed by atoms with Gasteiger partial charge >= 0.3 is 6.18 Å². The molecule has 0 fully saturated rings. The molecule has 3 nitrogen and oxygen atoms in total. The van der Waals surface area contributed by atoms with Crippen molar-refractivity contribution < 1.29 is 18.0 Å². The predicted octanol–water partition coefficient (Wildman–Crippen LogP) is 5.41. The molecular weight excluding hydrogens is 353 g/mol. The molecule has 0 aliphatic heterocycles. The van der Waals surface area contributed by atoms with E-state index in [9.17, 15) is 18.0 Å². The molecule has 0 aromatic heterocycles. The van der Waals surface area contributed by atoms with Crippen LogP contribution >= 0.6 is 11.6 Å². The number of amides is 1. The summed E-state index contributed by atoms with van der Waals surface area (Å²) < 4.78 is 39.3. The van der Waals surface area contributed by atoms with E-state index in [1.165, 1.54) is 6.07 Å². The van der Waals surface area contributed by atoms with Gasteiger partial charge < -0.3 is 10.6 Å². The number of hydrogen-bond acceptors (Lipinski definition) is 2. The third-order valence-corrected chi connectivity index (χ3v) is 3.78. The van der Waals surface area contributed by atoms with Crippen molar-refractivity contribution in [2.75, 3.05) is 10.6 Å². The number of alkyl halides is 3. The highest BCUT2D eigenvalue weighted by atomic mass is 35.5. The van der Waals surface area contributed by atoms with Crippen molar-refractivity contribution in [3.63, 3.8) is 0 Å². The van der Waals surface area contributed by atoms with Gasteiger partial charge in [-0.05, 0) is 62.2 Å². The number of rotatable bonds is 4. The third kappa shape index (κ3) is 5.13. The Kier molecular flexibility index (Phi) is 5.62. The first-order valence-corrected chi connectivity index (χ1v) is 7.96. The molecule has 0 bridgehead atoms. The molecule has 0 aliphatic rings. The molecule has 0 spiro atoms. The Bertz CT molecular complexity index is 770. The van der Waals surface area contributed by atoms with E-state index in [1.807, 2.05) is 32.0 Å². The lowest BCUT2D eigenvalue weighted by molar-refractivity contribution is -0.137. The molecule has 134 valence electrons. The predicted molar refractivity (Wildman–Crippen MR) is 94.1 cm³/mol. The summed E-state index contributed by atoms with van der Waals surface area (Å²) in [6, 6.07) is 8.22. The monoisotopic (exact) mass is 370 g/mol. The Morgan fingerprint density at radius 1 is 1.08 bits per heavy atom. The maximum atomic E-state index is 13.1. The van der Waals surface area contributed by atoms with E-state index < -0.39 is 23.7 Å². The van der Waals surface area contributed by atoms with E-state index in [-0.39, 0.29) is 10.7 Å². The van der Waals surface area contributed by atoms with Crippen LogP contribution in [0.25, 0.3) is 0 Å². The molecule has 1 atom stereocenters. The van der Waals surface area contributed by atoms with Gasteiger partial charge in [0.25, 0.3) is 0 Å². The highest BCUT2D eigenvalue weighted by Gasteiger charge is 2.34. The van der Waals surface area contributed by atoms with Gasteiger partial charge in [0.15, 0.2) is 0 Å². The highest BCUT2D eigenvalue weighted by Crippen LogP contribution is 2.36. The third-order valence-electron chi connectivity index (χ3n) is 3.54. The van der Waals surface area contributed by atoms with Crippen molar-refractivity contribution in [3.8, 4) is 0 Å². The number of hydrogen-bond donors (Lipinski definition) is 2. The minimum Gasteiger partial charge on any atom is -0.374 e. The molecule has 1 unspecified atom stereocenters. The van der Waals surface area contributed by atoms with E-state index in [1.54, 1.807) is 6.92 Å². The summed E-state index contributed by atoms with van der Waals surface area (Å²) in [6.45, 7) is 5.43. The van der Waals surface area contributed by atoms with Gasteiger partial charge in [-0.2, -0.15) is 13.2 Å². The van der Waals surface area contributed by atoms with Crippen LogP contribution in [-0.4, -0.2) is 11.9 Å². The van der Waals surface area contributed by atoms with Crippen molar-refractivity contribution in [2.45, 2.75) is 33.0 Å². The van der Waals surface area contributed by atoms with Gasteiger partial charge in [-0.25, -0.2) is 0 Å². The van der Waals surface area contributed by atoms with E-state index >= 15 is 0 Å². The molecule has 0 saturated carbocycles. The topological polar surface area (TPSA) is 41.1 Å². The quantitative estimate of drug-likeness (QED) is 0.755. The van der Waals surface area contributed by atoms with Crippen molar-refractivity contribution in [3.05, 3.63) is 58.1 Å². The number of anilines is 2. The van der Waals surface area contributed by atoms with Gasteiger partial charge in [0.2, 0.25) is 5.91 Å². The largest absolute Gasteiger partial charge is 0.418 e. The molecule has 2 aromatic carbocycles. The van der Waals surface area contributed by atoms with Gasteiger partial charge in [0.1, 0.15) is 6.04 Å². The Hall–Kier alpha value is -2.21. The van der Waals surface area contributed by atoms with E-state index in [4.69, 9.17) is 11.6 Å². The molecule has 7 heteroatoms. The second kappa shape index (κ2) is 7.35. The minimum atomic E-state index is -4.61. The molecule has 2 N–H and O–H groups in total. The molecule has 1 amide bonds. The normalized spacial score (nSPS) is 12.6. The zero-order chi connectivity index (χ0) is 18.8. The summed E-state index contributed by atoms with van der Waals surface area (Å²) in [5.74, 6) is -0.577. The number of carbonyl (C=O) groups excluding carboxylic acids is 1. The number of benzene rings is 2. The number of halogens is 4. The standard InChI is InChI=1S/C18H18ClF3N2O/c1-10-6-11(2)8-14(7-10)23-12(3)17(25)24-16-5-4-13(19)9-15(16)18(20,21)22/h4-9,12,23H,1-3H3,(H,24,25). The van der Waals surface area contributed by atoms with Crippen molar-refractivity contribution >= 4 is 28.9 Å². The number of aryl methyl sites for hydroxylation is 2. The van der Waals surface area contributed by atoms with Crippen LogP contribution in [-0.2, 0) is 11.0 Å². The summed E-state index contributed by atoms with van der Waals surface area (Å²) in [7, 11) is 0. The summed E-state index contributed by atoms with van der Waals surface area (Å²) in [6.07, 6.45) is -4.61. The summed E-state index contributed by atoms with van der Waals surface area (Å²) in [5.41, 5.74) is 1.47. The average Bonchev–Trinajstić information content (AvgIpc) is 2.46. The van der Waals surface area contributed by atoms with Crippen molar-refractivity contribution in [2.24, 2.45) is 0 Å². The molecule has 25 heavy (non-hydrogen) atoms. The molecule has 2 rings (SSSR count). The van der Waals surface area contributed by atoms with Crippen LogP contribution in [0.2, 0.25) is 5.02 Å². The molecule has 0 saturated heterocycles. The van der Waals surface area contributed by atoms with E-state index in [0.29, 0.717) is 0 Å². The Labute approximate surface area is 149 Å². The van der Waals surface area contributed by atoms with Crippen LogP contribution in [0, 0.1) is 13.8 Å². The average molecular weight is 371 g/mol. The molecule has 0 aliphatic carbocycles. The van der Waals surface area contributed by atoms with Gasteiger partial charge in [-0.3, -0.25) is 4.79 Å². The lowest BCUT2D eigenvalue weighted by Gasteiger charge is -2.18. The van der Waals surface area contributed by atoms with Crippen LogP contribution < -0.4 is 10.6 Å². The van der Waals surface area contributed by atoms with Gasteiger partial charge in [0, 0.05) is 10.7 Å². The zero-order valence-electron chi connectivity index (χ0n) is 14.0. The van der Waals surface area contributed by atoms with E-state index in [0.717, 1.165) is 28.9 Å². The highest BCUT2D eigenvalue weighted by molar-refractivity contribution is 6.30. The smallest absolute Gasteiger partial charge is 0.374 e. The molecular formula is C18H18ClF3N2O. The van der Waals surface area contributed by atoms with Crippen LogP contribution in [0.5, 0.6) is 0 Å². The molecule has 2 aromatic rings. The van der Waals surface area contributed by atoms with Crippen molar-refractivity contribution in [1.82, 2.24) is 0 Å². The van der Waals surface area contributed by atoms with Gasteiger partial charge in [-0.15, -0.1) is 0 Å². The Morgan fingerprint density at radius 3 is 2.24 bits per heavy atom. The zero-order valence-corrected chi connectivity index (χ0v) is 14.7.